The van der Waals surface area contributed by atoms with Gasteiger partial charge in [-0.25, -0.2) is 4.98 Å². The van der Waals surface area contributed by atoms with Gasteiger partial charge in [-0.15, -0.1) is 0 Å². The molecular weight excluding hydrogens is 390 g/mol. The SMILES string of the molecule is Cc1ccc(C)c(CO[C@H]2CCC[C@@H]2NC(=O)c2cc(-c3cnn(C)c3)cnc2N)c1. The topological polar surface area (TPSA) is 95.1 Å². The highest BCUT2D eigenvalue weighted by atomic mass is 16.5. The van der Waals surface area contributed by atoms with Gasteiger partial charge in [-0.3, -0.25) is 9.48 Å². The lowest BCUT2D eigenvalue weighted by molar-refractivity contribution is 0.0269. The Morgan fingerprint density at radius 3 is 2.84 bits per heavy atom. The lowest BCUT2D eigenvalue weighted by atomic mass is 10.1. The fourth-order valence-corrected chi connectivity index (χ4v) is 4.07. The number of benzene rings is 1. The third kappa shape index (κ3) is 4.77. The minimum absolute atomic E-state index is 0.0143. The van der Waals surface area contributed by atoms with Crippen LogP contribution in [0.4, 0.5) is 5.82 Å². The first kappa shape index (κ1) is 21.1. The zero-order valence-corrected chi connectivity index (χ0v) is 18.3. The molecule has 1 fully saturated rings. The molecule has 31 heavy (non-hydrogen) atoms. The second-order valence-electron chi connectivity index (χ2n) is 8.35. The molecule has 1 saturated carbocycles. The number of rotatable bonds is 6. The predicted molar refractivity (Wildman–Crippen MR) is 120 cm³/mol. The van der Waals surface area contributed by atoms with E-state index in [1.54, 1.807) is 23.1 Å². The lowest BCUT2D eigenvalue weighted by Crippen LogP contribution is -2.41. The quantitative estimate of drug-likeness (QED) is 0.637. The van der Waals surface area contributed by atoms with Gasteiger partial charge in [0.15, 0.2) is 0 Å². The molecule has 0 bridgehead atoms. The molecule has 7 nitrogen and oxygen atoms in total. The number of amides is 1. The molecule has 0 saturated heterocycles. The Kier molecular flexibility index (Phi) is 6.04. The molecule has 3 aromatic rings. The number of aromatic nitrogens is 3. The summed E-state index contributed by atoms with van der Waals surface area (Å²) in [6, 6.07) is 8.12. The molecule has 2 aromatic heterocycles. The van der Waals surface area contributed by atoms with Crippen LogP contribution in [0.25, 0.3) is 11.1 Å². The Morgan fingerprint density at radius 2 is 2.06 bits per heavy atom. The van der Waals surface area contributed by atoms with E-state index in [1.807, 2.05) is 13.2 Å². The minimum Gasteiger partial charge on any atom is -0.383 e. The van der Waals surface area contributed by atoms with Gasteiger partial charge in [0.05, 0.1) is 30.5 Å². The molecule has 0 radical (unpaired) electrons. The molecule has 1 aliphatic rings. The monoisotopic (exact) mass is 419 g/mol. The third-order valence-electron chi connectivity index (χ3n) is 5.93. The Labute approximate surface area is 182 Å². The van der Waals surface area contributed by atoms with Gasteiger partial charge >= 0.3 is 0 Å². The van der Waals surface area contributed by atoms with Crippen molar-refractivity contribution < 1.29 is 9.53 Å². The van der Waals surface area contributed by atoms with Gasteiger partial charge in [-0.05, 0) is 50.3 Å². The summed E-state index contributed by atoms with van der Waals surface area (Å²) in [4.78, 5) is 17.2. The molecule has 1 aliphatic carbocycles. The molecule has 0 unspecified atom stereocenters. The molecule has 0 spiro atoms. The van der Waals surface area contributed by atoms with E-state index in [2.05, 4.69) is 47.4 Å². The van der Waals surface area contributed by atoms with Gasteiger partial charge in [0, 0.05) is 30.6 Å². The highest BCUT2D eigenvalue weighted by molar-refractivity contribution is 5.99. The highest BCUT2D eigenvalue weighted by Gasteiger charge is 2.30. The first-order valence-corrected chi connectivity index (χ1v) is 10.6. The summed E-state index contributed by atoms with van der Waals surface area (Å²) in [5.74, 6) is -0.000956. The van der Waals surface area contributed by atoms with Crippen LogP contribution >= 0.6 is 0 Å². The summed E-state index contributed by atoms with van der Waals surface area (Å²) >= 11 is 0. The Bertz CT molecular complexity index is 1090. The van der Waals surface area contributed by atoms with E-state index < -0.39 is 0 Å². The summed E-state index contributed by atoms with van der Waals surface area (Å²) < 4.78 is 7.94. The fourth-order valence-electron chi connectivity index (χ4n) is 4.07. The van der Waals surface area contributed by atoms with Gasteiger partial charge in [-0.1, -0.05) is 23.8 Å². The number of nitrogen functional groups attached to an aromatic ring is 1. The number of carbonyl (C=O) groups excluding carboxylic acids is 1. The maximum Gasteiger partial charge on any atom is 0.255 e. The van der Waals surface area contributed by atoms with Crippen molar-refractivity contribution in [2.45, 2.75) is 51.9 Å². The lowest BCUT2D eigenvalue weighted by Gasteiger charge is -2.22. The van der Waals surface area contributed by atoms with E-state index in [0.29, 0.717) is 12.2 Å². The molecular formula is C24H29N5O2. The number of hydrogen-bond donors (Lipinski definition) is 2. The fraction of sp³-hybridized carbons (Fsp3) is 0.375. The normalized spacial score (nSPS) is 18.3. The Balaban J connectivity index is 1.44. The van der Waals surface area contributed by atoms with Gasteiger partial charge < -0.3 is 15.8 Å². The first-order valence-electron chi connectivity index (χ1n) is 10.6. The number of carbonyl (C=O) groups is 1. The molecule has 3 N–H and O–H groups in total. The van der Waals surface area contributed by atoms with Crippen LogP contribution in [0.1, 0.15) is 46.3 Å². The van der Waals surface area contributed by atoms with Crippen molar-refractivity contribution in [2.24, 2.45) is 7.05 Å². The zero-order chi connectivity index (χ0) is 22.0. The number of hydrogen-bond acceptors (Lipinski definition) is 5. The van der Waals surface area contributed by atoms with Crippen molar-refractivity contribution in [3.05, 3.63) is 65.1 Å². The molecule has 1 amide bonds. The zero-order valence-electron chi connectivity index (χ0n) is 18.3. The average molecular weight is 420 g/mol. The van der Waals surface area contributed by atoms with Crippen molar-refractivity contribution in [1.82, 2.24) is 20.1 Å². The highest BCUT2D eigenvalue weighted by Crippen LogP contribution is 2.26. The van der Waals surface area contributed by atoms with Gasteiger partial charge in [0.1, 0.15) is 5.82 Å². The summed E-state index contributed by atoms with van der Waals surface area (Å²) in [6.45, 7) is 4.72. The van der Waals surface area contributed by atoms with Gasteiger partial charge in [0.2, 0.25) is 0 Å². The number of aryl methyl sites for hydroxylation is 3. The predicted octanol–water partition coefficient (Wildman–Crippen LogP) is 3.55. The molecule has 2 heterocycles. The summed E-state index contributed by atoms with van der Waals surface area (Å²) in [6.07, 6.45) is 8.10. The molecule has 2 atom stereocenters. The molecule has 7 heteroatoms. The molecule has 162 valence electrons. The van der Waals surface area contributed by atoms with Crippen LogP contribution < -0.4 is 11.1 Å². The average Bonchev–Trinajstić information content (AvgIpc) is 3.37. The van der Waals surface area contributed by atoms with Crippen LogP contribution in [0.2, 0.25) is 0 Å². The number of nitrogens with zero attached hydrogens (tertiary/aromatic N) is 3. The summed E-state index contributed by atoms with van der Waals surface area (Å²) in [7, 11) is 1.85. The van der Waals surface area contributed by atoms with Crippen LogP contribution in [0.3, 0.4) is 0 Å². The van der Waals surface area contributed by atoms with Crippen LogP contribution in [0, 0.1) is 13.8 Å². The maximum absolute atomic E-state index is 13.0. The van der Waals surface area contributed by atoms with E-state index in [9.17, 15) is 4.79 Å². The van der Waals surface area contributed by atoms with Crippen molar-refractivity contribution in [3.63, 3.8) is 0 Å². The molecule has 1 aromatic carbocycles. The van der Waals surface area contributed by atoms with Crippen molar-refractivity contribution in [3.8, 4) is 11.1 Å². The first-order chi connectivity index (χ1) is 14.9. The number of nitrogens with two attached hydrogens (primary N) is 1. The van der Waals surface area contributed by atoms with Gasteiger partial charge in [0.25, 0.3) is 5.91 Å². The largest absolute Gasteiger partial charge is 0.383 e. The number of anilines is 1. The van der Waals surface area contributed by atoms with E-state index in [0.717, 1.165) is 30.4 Å². The summed E-state index contributed by atoms with van der Waals surface area (Å²) in [5, 5.41) is 7.31. The van der Waals surface area contributed by atoms with Crippen LogP contribution in [0.5, 0.6) is 0 Å². The Morgan fingerprint density at radius 1 is 1.23 bits per heavy atom. The van der Waals surface area contributed by atoms with Crippen LogP contribution in [-0.2, 0) is 18.4 Å². The second-order valence-corrected chi connectivity index (χ2v) is 8.35. The number of nitrogens with one attached hydrogen (secondary N) is 1. The van der Waals surface area contributed by atoms with Crippen LogP contribution in [-0.4, -0.2) is 32.8 Å². The smallest absolute Gasteiger partial charge is 0.255 e. The number of pyridine rings is 1. The standard InChI is InChI=1S/C24H29N5O2/c1-15-7-8-16(2)18(9-15)14-31-22-6-4-5-21(22)28-24(30)20-10-17(11-26-23(20)25)19-12-27-29(3)13-19/h7-13,21-22H,4-6,14H2,1-3H3,(H2,25,26)(H,28,30)/t21-,22-/m0/s1. The Hall–Kier alpha value is -3.19. The number of ether oxygens (including phenoxy) is 1. The molecule has 4 rings (SSSR count). The van der Waals surface area contributed by atoms with Crippen LogP contribution in [0.15, 0.2) is 42.9 Å². The minimum atomic E-state index is -0.219. The maximum atomic E-state index is 13.0. The van der Waals surface area contributed by atoms with Crippen molar-refractivity contribution in [2.75, 3.05) is 5.73 Å². The third-order valence-corrected chi connectivity index (χ3v) is 5.93. The van der Waals surface area contributed by atoms with Gasteiger partial charge in [-0.2, -0.15) is 5.10 Å². The summed E-state index contributed by atoms with van der Waals surface area (Å²) in [5.41, 5.74) is 11.7. The molecule has 0 aliphatic heterocycles. The second kappa shape index (κ2) is 8.89. The van der Waals surface area contributed by atoms with E-state index in [-0.39, 0.29) is 23.9 Å². The van der Waals surface area contributed by atoms with E-state index >= 15 is 0 Å². The van der Waals surface area contributed by atoms with Crippen molar-refractivity contribution >= 4 is 11.7 Å². The van der Waals surface area contributed by atoms with Crippen molar-refractivity contribution in [1.29, 1.82) is 0 Å². The van der Waals surface area contributed by atoms with E-state index in [1.165, 1.54) is 16.7 Å². The van der Waals surface area contributed by atoms with E-state index in [4.69, 9.17) is 10.5 Å².